The van der Waals surface area contributed by atoms with Crippen LogP contribution in [0.15, 0.2) is 58.2 Å². The molecule has 1 N–H and O–H groups in total. The summed E-state index contributed by atoms with van der Waals surface area (Å²) in [4.78, 5) is 34.5. The van der Waals surface area contributed by atoms with E-state index in [9.17, 15) is 9.59 Å². The second-order valence-electron chi connectivity index (χ2n) is 5.81. The number of thioether (sulfide) groups is 1. The smallest absolute Gasteiger partial charge is 0.258 e. The summed E-state index contributed by atoms with van der Waals surface area (Å²) in [5.74, 6) is 0.464. The molecule has 1 aromatic heterocycles. The maximum absolute atomic E-state index is 12.5. The number of nitrogens with zero attached hydrogens (tertiary/aromatic N) is 2. The summed E-state index contributed by atoms with van der Waals surface area (Å²) in [5, 5.41) is 0.550. The fourth-order valence-corrected chi connectivity index (χ4v) is 3.10. The van der Waals surface area contributed by atoms with Gasteiger partial charge in [0.25, 0.3) is 5.56 Å². The highest BCUT2D eigenvalue weighted by Crippen LogP contribution is 2.16. The van der Waals surface area contributed by atoms with Gasteiger partial charge in [-0.2, -0.15) is 0 Å². The van der Waals surface area contributed by atoms with E-state index in [1.165, 1.54) is 0 Å². The lowest BCUT2D eigenvalue weighted by Gasteiger charge is -2.17. The van der Waals surface area contributed by atoms with Crippen molar-refractivity contribution in [1.29, 1.82) is 0 Å². The molecule has 0 radical (unpaired) electrons. The van der Waals surface area contributed by atoms with E-state index in [1.54, 1.807) is 41.9 Å². The molecular formula is C19H19N3O2S. The Morgan fingerprint density at radius 2 is 2.00 bits per heavy atom. The van der Waals surface area contributed by atoms with E-state index >= 15 is 0 Å². The van der Waals surface area contributed by atoms with Crippen molar-refractivity contribution in [3.8, 4) is 0 Å². The zero-order valence-corrected chi connectivity index (χ0v) is 15.0. The van der Waals surface area contributed by atoms with E-state index in [1.807, 2.05) is 36.6 Å². The lowest BCUT2D eigenvalue weighted by Crippen LogP contribution is -2.29. The minimum atomic E-state index is -0.186. The van der Waals surface area contributed by atoms with Gasteiger partial charge in [-0.3, -0.25) is 9.59 Å². The molecule has 6 heteroatoms. The van der Waals surface area contributed by atoms with Gasteiger partial charge in [0.2, 0.25) is 5.91 Å². The van der Waals surface area contributed by atoms with Crippen LogP contribution in [0.5, 0.6) is 0 Å². The topological polar surface area (TPSA) is 66.1 Å². The van der Waals surface area contributed by atoms with Gasteiger partial charge in [-0.05, 0) is 36.1 Å². The number of benzene rings is 2. The molecule has 0 atom stereocenters. The number of likely N-dealkylation sites (N-methyl/N-ethyl adjacent to an activating group) is 1. The third-order valence-corrected chi connectivity index (χ3v) is 4.69. The van der Waals surface area contributed by atoms with Crippen LogP contribution in [0.2, 0.25) is 0 Å². The SMILES string of the molecule is CSc1cccc(CC(=O)N(C)Cc2nc3ccccc3c(=O)[nH]2)c1. The minimum absolute atomic E-state index is 0.0194. The van der Waals surface area contributed by atoms with Gasteiger partial charge in [-0.15, -0.1) is 11.8 Å². The number of aromatic nitrogens is 2. The van der Waals surface area contributed by atoms with Crippen molar-refractivity contribution in [3.63, 3.8) is 0 Å². The van der Waals surface area contributed by atoms with Crippen molar-refractivity contribution < 1.29 is 4.79 Å². The summed E-state index contributed by atoms with van der Waals surface area (Å²) >= 11 is 1.65. The molecule has 3 aromatic rings. The molecule has 1 heterocycles. The number of nitrogens with one attached hydrogen (secondary N) is 1. The van der Waals surface area contributed by atoms with Crippen molar-refractivity contribution in [3.05, 3.63) is 70.3 Å². The fourth-order valence-electron chi connectivity index (χ4n) is 2.61. The summed E-state index contributed by atoms with van der Waals surface area (Å²) in [6.07, 6.45) is 2.33. The number of aromatic amines is 1. The quantitative estimate of drug-likeness (QED) is 0.716. The van der Waals surface area contributed by atoms with Gasteiger partial charge in [0, 0.05) is 11.9 Å². The number of H-pyrrole nitrogens is 1. The highest BCUT2D eigenvalue weighted by atomic mass is 32.2. The van der Waals surface area contributed by atoms with Crippen LogP contribution >= 0.6 is 11.8 Å². The Morgan fingerprint density at radius 3 is 2.80 bits per heavy atom. The number of rotatable bonds is 5. The minimum Gasteiger partial charge on any atom is -0.338 e. The molecular weight excluding hydrogens is 334 g/mol. The Labute approximate surface area is 150 Å². The normalized spacial score (nSPS) is 10.8. The average Bonchev–Trinajstić information content (AvgIpc) is 2.62. The Bertz CT molecular complexity index is 968. The standard InChI is InChI=1S/C19H19N3O2S/c1-22(18(23)11-13-6-5-7-14(10-13)25-2)12-17-20-16-9-4-3-8-15(16)19(24)21-17/h3-10H,11-12H2,1-2H3,(H,20,21,24). The molecule has 0 aliphatic carbocycles. The van der Waals surface area contributed by atoms with Crippen LogP contribution in [0.4, 0.5) is 0 Å². The van der Waals surface area contributed by atoms with Gasteiger partial charge in [0.1, 0.15) is 5.82 Å². The fraction of sp³-hybridized carbons (Fsp3) is 0.211. The summed E-state index contributed by atoms with van der Waals surface area (Å²) < 4.78 is 0. The van der Waals surface area contributed by atoms with Crippen molar-refractivity contribution in [2.24, 2.45) is 0 Å². The Balaban J connectivity index is 1.74. The van der Waals surface area contributed by atoms with Gasteiger partial charge in [0.05, 0.1) is 23.9 Å². The Kier molecular flexibility index (Phi) is 5.19. The average molecular weight is 353 g/mol. The molecule has 0 aliphatic rings. The summed E-state index contributed by atoms with van der Waals surface area (Å²) in [7, 11) is 1.72. The Morgan fingerprint density at radius 1 is 1.20 bits per heavy atom. The maximum Gasteiger partial charge on any atom is 0.258 e. The zero-order valence-electron chi connectivity index (χ0n) is 14.2. The van der Waals surface area contributed by atoms with Crippen LogP contribution in [0.25, 0.3) is 10.9 Å². The first-order valence-electron chi connectivity index (χ1n) is 7.91. The monoisotopic (exact) mass is 353 g/mol. The molecule has 0 spiro atoms. The molecule has 0 aliphatic heterocycles. The lowest BCUT2D eigenvalue weighted by molar-refractivity contribution is -0.129. The number of fused-ring (bicyclic) bond motifs is 1. The third kappa shape index (κ3) is 4.09. The van der Waals surface area contributed by atoms with Crippen LogP contribution in [0, 0.1) is 0 Å². The second-order valence-corrected chi connectivity index (χ2v) is 6.69. The van der Waals surface area contributed by atoms with Gasteiger partial charge in [0.15, 0.2) is 0 Å². The first-order valence-corrected chi connectivity index (χ1v) is 9.14. The molecule has 0 saturated heterocycles. The summed E-state index contributed by atoms with van der Waals surface area (Å²) in [5.41, 5.74) is 1.42. The van der Waals surface area contributed by atoms with Crippen LogP contribution in [0.1, 0.15) is 11.4 Å². The van der Waals surface area contributed by atoms with Gasteiger partial charge in [-0.1, -0.05) is 24.3 Å². The van der Waals surface area contributed by atoms with Gasteiger partial charge >= 0.3 is 0 Å². The molecule has 25 heavy (non-hydrogen) atoms. The van der Waals surface area contributed by atoms with E-state index in [-0.39, 0.29) is 18.0 Å². The maximum atomic E-state index is 12.5. The second kappa shape index (κ2) is 7.53. The number of carbonyl (C=O) groups is 1. The molecule has 0 unspecified atom stereocenters. The molecule has 0 fully saturated rings. The van der Waals surface area contributed by atoms with Crippen LogP contribution in [0.3, 0.4) is 0 Å². The van der Waals surface area contributed by atoms with Crippen LogP contribution in [-0.2, 0) is 17.8 Å². The van der Waals surface area contributed by atoms with Crippen LogP contribution < -0.4 is 5.56 Å². The molecule has 128 valence electrons. The summed E-state index contributed by atoms with van der Waals surface area (Å²) in [6.45, 7) is 0.265. The predicted molar refractivity (Wildman–Crippen MR) is 101 cm³/mol. The van der Waals surface area contributed by atoms with Crippen molar-refractivity contribution in [1.82, 2.24) is 14.9 Å². The molecule has 3 rings (SSSR count). The number of hydrogen-bond acceptors (Lipinski definition) is 4. The van der Waals surface area contributed by atoms with Crippen molar-refractivity contribution in [2.45, 2.75) is 17.9 Å². The Hall–Kier alpha value is -2.60. The number of carbonyl (C=O) groups excluding carboxylic acids is 1. The van der Waals surface area contributed by atoms with Crippen molar-refractivity contribution in [2.75, 3.05) is 13.3 Å². The van der Waals surface area contributed by atoms with E-state index in [0.717, 1.165) is 10.5 Å². The van der Waals surface area contributed by atoms with E-state index in [2.05, 4.69) is 9.97 Å². The van der Waals surface area contributed by atoms with E-state index < -0.39 is 0 Å². The molecule has 2 aromatic carbocycles. The first-order chi connectivity index (χ1) is 12.1. The summed E-state index contributed by atoms with van der Waals surface area (Å²) in [6, 6.07) is 15.1. The van der Waals surface area contributed by atoms with Crippen molar-refractivity contribution >= 4 is 28.6 Å². The van der Waals surface area contributed by atoms with E-state index in [0.29, 0.717) is 23.1 Å². The number of hydrogen-bond donors (Lipinski definition) is 1. The number of para-hydroxylation sites is 1. The first kappa shape index (κ1) is 17.2. The molecule has 0 saturated carbocycles. The zero-order chi connectivity index (χ0) is 17.8. The largest absolute Gasteiger partial charge is 0.338 e. The molecule has 0 bridgehead atoms. The highest BCUT2D eigenvalue weighted by Gasteiger charge is 2.13. The van der Waals surface area contributed by atoms with Crippen LogP contribution in [-0.4, -0.2) is 34.1 Å². The third-order valence-electron chi connectivity index (χ3n) is 3.96. The predicted octanol–water partition coefficient (Wildman–Crippen LogP) is 2.85. The van der Waals surface area contributed by atoms with Gasteiger partial charge < -0.3 is 9.88 Å². The molecule has 5 nitrogen and oxygen atoms in total. The number of amides is 1. The lowest BCUT2D eigenvalue weighted by atomic mass is 10.1. The molecule has 1 amide bonds. The van der Waals surface area contributed by atoms with E-state index in [4.69, 9.17) is 0 Å². The highest BCUT2D eigenvalue weighted by molar-refractivity contribution is 7.98. The van der Waals surface area contributed by atoms with Gasteiger partial charge in [-0.25, -0.2) is 4.98 Å².